The zero-order valence-corrected chi connectivity index (χ0v) is 18.8. The van der Waals surface area contributed by atoms with Gasteiger partial charge in [-0.3, -0.25) is 8.98 Å². The Morgan fingerprint density at radius 1 is 1.50 bits per heavy atom. The highest BCUT2D eigenvalue weighted by Gasteiger charge is 2.33. The molecule has 9 nitrogen and oxygen atoms in total. The van der Waals surface area contributed by atoms with Gasteiger partial charge in [0, 0.05) is 17.8 Å². The molecule has 3 rings (SSSR count). The summed E-state index contributed by atoms with van der Waals surface area (Å²) in [5, 5.41) is 18.0. The number of nitrogens with zero attached hydrogens (tertiary/aromatic N) is 2. The van der Waals surface area contributed by atoms with Crippen molar-refractivity contribution < 1.29 is 22.5 Å². The second kappa shape index (κ2) is 9.25. The molecule has 0 amide bonds. The SMILES string of the molecule is CC(O)c1cc(C(=O)c2cncnc2N[C@@H]2C[C@H](COS(N)(=O)=O)[C@@H](C)C2)sc1Cl. The van der Waals surface area contributed by atoms with E-state index in [1.54, 1.807) is 13.0 Å². The van der Waals surface area contributed by atoms with Crippen LogP contribution < -0.4 is 10.5 Å². The third-order valence-corrected chi connectivity index (χ3v) is 7.03. The Morgan fingerprint density at radius 3 is 2.87 bits per heavy atom. The lowest BCUT2D eigenvalue weighted by Gasteiger charge is -2.15. The molecule has 0 aliphatic heterocycles. The first-order chi connectivity index (χ1) is 14.0. The van der Waals surface area contributed by atoms with Gasteiger partial charge < -0.3 is 10.4 Å². The molecule has 2 aromatic heterocycles. The van der Waals surface area contributed by atoms with Gasteiger partial charge in [-0.15, -0.1) is 11.3 Å². The van der Waals surface area contributed by atoms with E-state index in [1.165, 1.54) is 12.5 Å². The predicted molar refractivity (Wildman–Crippen MR) is 114 cm³/mol. The minimum Gasteiger partial charge on any atom is -0.389 e. The monoisotopic (exact) mass is 474 g/mol. The molecule has 0 saturated heterocycles. The van der Waals surface area contributed by atoms with Crippen molar-refractivity contribution in [2.75, 3.05) is 11.9 Å². The first kappa shape index (κ1) is 23.0. The predicted octanol–water partition coefficient (Wildman–Crippen LogP) is 2.52. The van der Waals surface area contributed by atoms with Crippen molar-refractivity contribution in [1.29, 1.82) is 0 Å². The summed E-state index contributed by atoms with van der Waals surface area (Å²) < 4.78 is 27.2. The maximum Gasteiger partial charge on any atom is 0.333 e. The molecule has 12 heteroatoms. The standard InChI is InChI=1S/C18H23ClN4O5S2/c1-9-3-12(4-11(9)7-28-30(20,26)27)23-18-14(6-21-8-22-18)16(25)15-5-13(10(2)24)17(19)29-15/h5-6,8-12,24H,3-4,7H2,1-2H3,(H2,20,26,27)(H,21,22,23)/t9-,10?,11+,12-/m0/s1. The lowest BCUT2D eigenvalue weighted by molar-refractivity contribution is 0.104. The van der Waals surface area contributed by atoms with E-state index in [1.807, 2.05) is 6.92 Å². The molecule has 164 valence electrons. The van der Waals surface area contributed by atoms with Crippen LogP contribution in [0.15, 0.2) is 18.6 Å². The highest BCUT2D eigenvalue weighted by molar-refractivity contribution is 7.84. The Bertz CT molecular complexity index is 1030. The van der Waals surface area contributed by atoms with Crippen molar-refractivity contribution in [3.8, 4) is 0 Å². The summed E-state index contributed by atoms with van der Waals surface area (Å²) in [6, 6.07) is 1.56. The second-order valence-corrected chi connectivity index (χ2v) is 10.3. The average molecular weight is 475 g/mol. The summed E-state index contributed by atoms with van der Waals surface area (Å²) in [6.45, 7) is 3.61. The van der Waals surface area contributed by atoms with Crippen LogP contribution >= 0.6 is 22.9 Å². The number of aliphatic hydroxyl groups excluding tert-OH is 1. The van der Waals surface area contributed by atoms with Crippen LogP contribution in [0.3, 0.4) is 0 Å². The average Bonchev–Trinajstić information content (AvgIpc) is 3.22. The van der Waals surface area contributed by atoms with Crippen molar-refractivity contribution in [1.82, 2.24) is 9.97 Å². The van der Waals surface area contributed by atoms with Crippen LogP contribution in [0.5, 0.6) is 0 Å². The lowest BCUT2D eigenvalue weighted by Crippen LogP contribution is -2.22. The number of carbonyl (C=O) groups excluding carboxylic acids is 1. The molecular weight excluding hydrogens is 452 g/mol. The molecule has 4 N–H and O–H groups in total. The molecule has 1 aliphatic rings. The van der Waals surface area contributed by atoms with Gasteiger partial charge >= 0.3 is 10.3 Å². The number of hydrogen-bond donors (Lipinski definition) is 3. The van der Waals surface area contributed by atoms with E-state index in [0.29, 0.717) is 32.6 Å². The van der Waals surface area contributed by atoms with Crippen LogP contribution in [-0.2, 0) is 14.5 Å². The first-order valence-electron chi connectivity index (χ1n) is 9.30. The molecule has 1 fully saturated rings. The fraction of sp³-hybridized carbons (Fsp3) is 0.500. The van der Waals surface area contributed by atoms with Gasteiger partial charge in [0.25, 0.3) is 0 Å². The van der Waals surface area contributed by atoms with Gasteiger partial charge in [0.15, 0.2) is 0 Å². The molecular formula is C18H23ClN4O5S2. The zero-order valence-electron chi connectivity index (χ0n) is 16.4. The number of anilines is 1. The van der Waals surface area contributed by atoms with Gasteiger partial charge in [0.05, 0.1) is 27.5 Å². The number of thiophene rings is 1. The minimum atomic E-state index is -3.98. The van der Waals surface area contributed by atoms with Gasteiger partial charge in [0.2, 0.25) is 5.78 Å². The van der Waals surface area contributed by atoms with Crippen LogP contribution in [0, 0.1) is 11.8 Å². The molecule has 2 heterocycles. The smallest absolute Gasteiger partial charge is 0.333 e. The summed E-state index contributed by atoms with van der Waals surface area (Å²) in [4.78, 5) is 21.6. The highest BCUT2D eigenvalue weighted by Crippen LogP contribution is 2.36. The van der Waals surface area contributed by atoms with Crippen LogP contribution in [0.4, 0.5) is 5.82 Å². The van der Waals surface area contributed by atoms with Crippen molar-refractivity contribution in [2.24, 2.45) is 17.0 Å². The minimum absolute atomic E-state index is 0.00603. The van der Waals surface area contributed by atoms with Gasteiger partial charge in [-0.25, -0.2) is 15.1 Å². The van der Waals surface area contributed by atoms with E-state index < -0.39 is 16.4 Å². The van der Waals surface area contributed by atoms with E-state index in [2.05, 4.69) is 15.3 Å². The molecule has 0 spiro atoms. The number of rotatable bonds is 8. The van der Waals surface area contributed by atoms with E-state index in [0.717, 1.165) is 17.8 Å². The second-order valence-electron chi connectivity index (χ2n) is 7.46. The van der Waals surface area contributed by atoms with Crippen LogP contribution in [0.1, 0.15) is 53.6 Å². The Morgan fingerprint density at radius 2 is 2.23 bits per heavy atom. The number of nitrogens with one attached hydrogen (secondary N) is 1. The Hall–Kier alpha value is -1.63. The fourth-order valence-corrected chi connectivity index (χ4v) is 5.34. The molecule has 1 unspecified atom stereocenters. The summed E-state index contributed by atoms with van der Waals surface area (Å²) in [6.07, 6.45) is 3.41. The van der Waals surface area contributed by atoms with Gasteiger partial charge in [-0.2, -0.15) is 8.42 Å². The quantitative estimate of drug-likeness (QED) is 0.495. The van der Waals surface area contributed by atoms with Crippen molar-refractivity contribution in [2.45, 2.75) is 38.8 Å². The lowest BCUT2D eigenvalue weighted by atomic mass is 10.00. The van der Waals surface area contributed by atoms with Crippen LogP contribution in [-0.4, -0.2) is 41.9 Å². The first-order valence-corrected chi connectivity index (χ1v) is 12.0. The topological polar surface area (TPSA) is 144 Å². The van der Waals surface area contributed by atoms with Crippen molar-refractivity contribution in [3.05, 3.63) is 38.9 Å². The summed E-state index contributed by atoms with van der Waals surface area (Å²) >= 11 is 7.23. The molecule has 1 aliphatic carbocycles. The Labute approximate surface area is 183 Å². The number of carbonyl (C=O) groups is 1. The molecule has 0 bridgehead atoms. The molecule has 0 radical (unpaired) electrons. The number of hydrogen-bond acceptors (Lipinski definition) is 9. The maximum absolute atomic E-state index is 13.0. The molecule has 30 heavy (non-hydrogen) atoms. The van der Waals surface area contributed by atoms with Gasteiger partial charge in [0.1, 0.15) is 12.1 Å². The fourth-order valence-electron chi connectivity index (χ4n) is 3.58. The van der Waals surface area contributed by atoms with Gasteiger partial charge in [-0.1, -0.05) is 18.5 Å². The Balaban J connectivity index is 1.74. The summed E-state index contributed by atoms with van der Waals surface area (Å²) in [5.41, 5.74) is 0.795. The van der Waals surface area contributed by atoms with E-state index >= 15 is 0 Å². The number of aromatic nitrogens is 2. The van der Waals surface area contributed by atoms with E-state index in [4.69, 9.17) is 20.9 Å². The van der Waals surface area contributed by atoms with Crippen LogP contribution in [0.2, 0.25) is 4.34 Å². The van der Waals surface area contributed by atoms with Crippen LogP contribution in [0.25, 0.3) is 0 Å². The largest absolute Gasteiger partial charge is 0.389 e. The number of nitrogens with two attached hydrogens (primary N) is 1. The van der Waals surface area contributed by atoms with Crippen molar-refractivity contribution in [3.63, 3.8) is 0 Å². The summed E-state index contributed by atoms with van der Waals surface area (Å²) in [7, 11) is -3.98. The van der Waals surface area contributed by atoms with Crippen molar-refractivity contribution >= 4 is 44.8 Å². The Kier molecular flexibility index (Phi) is 7.10. The number of aliphatic hydroxyl groups is 1. The molecule has 2 aromatic rings. The summed E-state index contributed by atoms with van der Waals surface area (Å²) in [5.74, 6) is 0.307. The third-order valence-electron chi connectivity index (χ3n) is 5.18. The highest BCUT2D eigenvalue weighted by atomic mass is 35.5. The molecule has 4 atom stereocenters. The normalized spacial score (nSPS) is 22.8. The van der Waals surface area contributed by atoms with E-state index in [9.17, 15) is 18.3 Å². The molecule has 1 saturated carbocycles. The number of ketones is 1. The third kappa shape index (κ3) is 5.54. The number of halogens is 1. The maximum atomic E-state index is 13.0. The molecule has 0 aromatic carbocycles. The van der Waals surface area contributed by atoms with Gasteiger partial charge in [-0.05, 0) is 37.7 Å². The van der Waals surface area contributed by atoms with E-state index in [-0.39, 0.29) is 30.3 Å². The zero-order chi connectivity index (χ0) is 22.1.